The minimum atomic E-state index is -0.506. The van der Waals surface area contributed by atoms with Gasteiger partial charge in [-0.1, -0.05) is 0 Å². The Bertz CT molecular complexity index is 1120. The van der Waals surface area contributed by atoms with E-state index in [-0.39, 0.29) is 27.9 Å². The fourth-order valence-corrected chi connectivity index (χ4v) is 3.51. The van der Waals surface area contributed by atoms with Gasteiger partial charge in [-0.15, -0.1) is 0 Å². The van der Waals surface area contributed by atoms with Crippen LogP contribution < -0.4 is 10.5 Å². The highest BCUT2D eigenvalue weighted by atomic mass is 19.1. The van der Waals surface area contributed by atoms with Gasteiger partial charge in [0.25, 0.3) is 11.5 Å². The summed E-state index contributed by atoms with van der Waals surface area (Å²) in [5.41, 5.74) is 1.85. The number of hydrogen-bond acceptors (Lipinski definition) is 5. The van der Waals surface area contributed by atoms with Gasteiger partial charge in [-0.2, -0.15) is 5.10 Å². The zero-order valence-corrected chi connectivity index (χ0v) is 15.7. The largest absolute Gasteiger partial charge is 0.367 e. The van der Waals surface area contributed by atoms with Gasteiger partial charge in [-0.25, -0.2) is 9.07 Å². The van der Waals surface area contributed by atoms with Crippen molar-refractivity contribution in [3.8, 4) is 0 Å². The molecule has 0 radical (unpaired) electrons. The van der Waals surface area contributed by atoms with E-state index in [9.17, 15) is 14.0 Å². The van der Waals surface area contributed by atoms with Crippen LogP contribution in [0.2, 0.25) is 0 Å². The van der Waals surface area contributed by atoms with Crippen molar-refractivity contribution in [2.45, 2.75) is 6.92 Å². The van der Waals surface area contributed by atoms with Crippen molar-refractivity contribution in [2.75, 3.05) is 31.1 Å². The summed E-state index contributed by atoms with van der Waals surface area (Å²) in [5.74, 6) is -0.804. The van der Waals surface area contributed by atoms with Crippen LogP contribution in [-0.4, -0.2) is 51.8 Å². The number of benzene rings is 1. The van der Waals surface area contributed by atoms with Gasteiger partial charge in [0.05, 0.1) is 17.3 Å². The Kier molecular flexibility index (Phi) is 4.54. The summed E-state index contributed by atoms with van der Waals surface area (Å²) in [7, 11) is 1.49. The van der Waals surface area contributed by atoms with E-state index in [2.05, 4.69) is 21.0 Å². The second-order valence-electron chi connectivity index (χ2n) is 6.97. The van der Waals surface area contributed by atoms with Crippen LogP contribution in [0.5, 0.6) is 0 Å². The number of hydrogen-bond donors (Lipinski definition) is 0. The first-order chi connectivity index (χ1) is 13.4. The van der Waals surface area contributed by atoms with Crippen LogP contribution in [0.15, 0.2) is 41.5 Å². The summed E-state index contributed by atoms with van der Waals surface area (Å²) in [5, 5.41) is 4.66. The molecular weight excluding hydrogens is 361 g/mol. The lowest BCUT2D eigenvalue weighted by Gasteiger charge is -2.36. The monoisotopic (exact) mass is 381 g/mol. The molecule has 3 heterocycles. The van der Waals surface area contributed by atoms with Gasteiger partial charge in [0.15, 0.2) is 5.69 Å². The zero-order chi connectivity index (χ0) is 19.8. The topological polar surface area (TPSA) is 71.3 Å². The Morgan fingerprint density at radius 1 is 1.07 bits per heavy atom. The van der Waals surface area contributed by atoms with Crippen LogP contribution in [0.3, 0.4) is 0 Å². The Hall–Kier alpha value is -3.29. The third kappa shape index (κ3) is 3.21. The molecule has 1 saturated heterocycles. The zero-order valence-electron chi connectivity index (χ0n) is 15.7. The van der Waals surface area contributed by atoms with Gasteiger partial charge in [-0.05, 0) is 36.8 Å². The number of nitrogens with zero attached hydrogens (tertiary/aromatic N) is 5. The number of rotatable bonds is 2. The predicted molar refractivity (Wildman–Crippen MR) is 104 cm³/mol. The van der Waals surface area contributed by atoms with Crippen molar-refractivity contribution in [3.05, 3.63) is 64.1 Å². The molecule has 3 aromatic rings. The van der Waals surface area contributed by atoms with E-state index >= 15 is 0 Å². The maximum Gasteiger partial charge on any atom is 0.275 e. The summed E-state index contributed by atoms with van der Waals surface area (Å²) in [6, 6.07) is 5.88. The Labute approximate surface area is 161 Å². The van der Waals surface area contributed by atoms with Crippen LogP contribution >= 0.6 is 0 Å². The fourth-order valence-electron chi connectivity index (χ4n) is 3.51. The highest BCUT2D eigenvalue weighted by Crippen LogP contribution is 2.20. The van der Waals surface area contributed by atoms with Crippen molar-refractivity contribution in [3.63, 3.8) is 0 Å². The molecule has 1 aliphatic heterocycles. The summed E-state index contributed by atoms with van der Waals surface area (Å²) < 4.78 is 14.9. The number of carbonyl (C=O) groups is 1. The van der Waals surface area contributed by atoms with Crippen molar-refractivity contribution >= 4 is 22.4 Å². The van der Waals surface area contributed by atoms with Crippen LogP contribution in [0.4, 0.5) is 10.1 Å². The predicted octanol–water partition coefficient (Wildman–Crippen LogP) is 1.74. The quantitative estimate of drug-likeness (QED) is 0.676. The lowest BCUT2D eigenvalue weighted by atomic mass is 10.1. The van der Waals surface area contributed by atoms with Crippen LogP contribution in [0, 0.1) is 12.7 Å². The molecule has 0 saturated carbocycles. The molecule has 28 heavy (non-hydrogen) atoms. The van der Waals surface area contributed by atoms with E-state index < -0.39 is 5.82 Å². The van der Waals surface area contributed by atoms with Gasteiger partial charge < -0.3 is 9.80 Å². The number of piperazine rings is 1. The number of amides is 1. The first kappa shape index (κ1) is 18.1. The molecule has 144 valence electrons. The summed E-state index contributed by atoms with van der Waals surface area (Å²) in [6.07, 6.45) is 3.62. The van der Waals surface area contributed by atoms with E-state index in [0.717, 1.165) is 15.9 Å². The van der Waals surface area contributed by atoms with E-state index in [4.69, 9.17) is 0 Å². The van der Waals surface area contributed by atoms with Gasteiger partial charge >= 0.3 is 0 Å². The maximum atomic E-state index is 13.8. The summed E-state index contributed by atoms with van der Waals surface area (Å²) >= 11 is 0. The van der Waals surface area contributed by atoms with Crippen molar-refractivity contribution in [1.29, 1.82) is 0 Å². The van der Waals surface area contributed by atoms with Crippen LogP contribution in [0.25, 0.3) is 10.8 Å². The highest BCUT2D eigenvalue weighted by Gasteiger charge is 2.26. The highest BCUT2D eigenvalue weighted by molar-refractivity contribution is 6.04. The minimum Gasteiger partial charge on any atom is -0.367 e. The standard InChI is InChI=1S/C20H20FN5O2/c1-13-9-15(12-22-11-13)25-5-7-26(8-6-25)20(28)18-17-10-14(21)3-4-16(17)19(27)24(2)23-18/h3-4,9-12H,5-8H2,1-2H3. The van der Waals surface area contributed by atoms with Gasteiger partial charge in [0, 0.05) is 44.8 Å². The normalized spacial score (nSPS) is 14.5. The minimum absolute atomic E-state index is 0.0993. The third-order valence-corrected chi connectivity index (χ3v) is 5.01. The molecule has 8 heteroatoms. The lowest BCUT2D eigenvalue weighted by Crippen LogP contribution is -2.49. The van der Waals surface area contributed by atoms with Crippen molar-refractivity contribution in [1.82, 2.24) is 19.7 Å². The molecule has 4 rings (SSSR count). The van der Waals surface area contributed by atoms with E-state index in [0.29, 0.717) is 26.2 Å². The van der Waals surface area contributed by atoms with E-state index in [1.807, 2.05) is 13.1 Å². The number of anilines is 1. The number of aromatic nitrogens is 3. The SMILES string of the molecule is Cc1cncc(N2CCN(C(=O)c3nn(C)c(=O)c4ccc(F)cc34)CC2)c1. The summed E-state index contributed by atoms with van der Waals surface area (Å²) in [6.45, 7) is 4.33. The Morgan fingerprint density at radius 2 is 1.82 bits per heavy atom. The molecule has 0 unspecified atom stereocenters. The van der Waals surface area contributed by atoms with Crippen LogP contribution in [0.1, 0.15) is 16.1 Å². The Balaban J connectivity index is 1.60. The van der Waals surface area contributed by atoms with Gasteiger partial charge in [0.1, 0.15) is 5.82 Å². The molecule has 0 N–H and O–H groups in total. The molecule has 1 fully saturated rings. The van der Waals surface area contributed by atoms with Crippen LogP contribution in [-0.2, 0) is 7.05 Å². The number of aryl methyl sites for hydroxylation is 2. The maximum absolute atomic E-state index is 13.8. The summed E-state index contributed by atoms with van der Waals surface area (Å²) in [4.78, 5) is 33.4. The molecule has 7 nitrogen and oxygen atoms in total. The molecule has 0 aliphatic carbocycles. The van der Waals surface area contributed by atoms with Gasteiger partial charge in [-0.3, -0.25) is 14.6 Å². The average molecular weight is 381 g/mol. The molecule has 0 bridgehead atoms. The molecule has 1 aromatic carbocycles. The van der Waals surface area contributed by atoms with E-state index in [1.165, 1.54) is 25.2 Å². The molecule has 2 aromatic heterocycles. The average Bonchev–Trinajstić information content (AvgIpc) is 2.70. The smallest absolute Gasteiger partial charge is 0.275 e. The second-order valence-corrected chi connectivity index (χ2v) is 6.97. The van der Waals surface area contributed by atoms with E-state index in [1.54, 1.807) is 11.1 Å². The number of fused-ring (bicyclic) bond motifs is 1. The number of carbonyl (C=O) groups excluding carboxylic acids is 1. The second kappa shape index (κ2) is 7.03. The number of halogens is 1. The molecule has 1 amide bonds. The molecule has 0 spiro atoms. The third-order valence-electron chi connectivity index (χ3n) is 5.01. The van der Waals surface area contributed by atoms with Crippen molar-refractivity contribution in [2.24, 2.45) is 7.05 Å². The first-order valence-corrected chi connectivity index (χ1v) is 9.06. The number of pyridine rings is 1. The fraction of sp³-hybridized carbons (Fsp3) is 0.300. The molecule has 1 aliphatic rings. The van der Waals surface area contributed by atoms with Crippen molar-refractivity contribution < 1.29 is 9.18 Å². The van der Waals surface area contributed by atoms with Gasteiger partial charge in [0.2, 0.25) is 0 Å². The first-order valence-electron chi connectivity index (χ1n) is 9.06. The molecular formula is C20H20FN5O2. The Morgan fingerprint density at radius 3 is 2.54 bits per heavy atom. The lowest BCUT2D eigenvalue weighted by molar-refractivity contribution is 0.0740. The molecule has 0 atom stereocenters.